The maximum absolute atomic E-state index is 12.1. The standard InChI is InChI=1S/C26H22ClNO2/c27-17-20-10-7-9-19(16-20)8-5-6-15-28-26(29)30-18-25-23-13-3-1-11-21(23)22-12-2-4-14-24(22)25/h1-4,7,9-14,16,25H,6,15,17-18H2,(H,28,29). The number of rotatable bonds is 5. The van der Waals surface area contributed by atoms with Crippen molar-refractivity contribution in [2.24, 2.45) is 0 Å². The molecule has 3 aromatic rings. The quantitative estimate of drug-likeness (QED) is 0.329. The first-order valence-electron chi connectivity index (χ1n) is 9.99. The van der Waals surface area contributed by atoms with Crippen LogP contribution in [0, 0.1) is 11.8 Å². The lowest BCUT2D eigenvalue weighted by Gasteiger charge is -2.14. The number of ether oxygens (including phenoxy) is 1. The third-order valence-corrected chi connectivity index (χ3v) is 5.49. The Morgan fingerprint density at radius 3 is 2.37 bits per heavy atom. The number of hydrogen-bond donors (Lipinski definition) is 1. The summed E-state index contributed by atoms with van der Waals surface area (Å²) in [5.74, 6) is 6.70. The van der Waals surface area contributed by atoms with E-state index < -0.39 is 6.09 Å². The molecule has 0 atom stereocenters. The number of fused-ring (bicyclic) bond motifs is 3. The van der Waals surface area contributed by atoms with Crippen molar-refractivity contribution in [3.05, 3.63) is 95.1 Å². The number of alkyl carbamates (subject to hydrolysis) is 1. The molecule has 0 radical (unpaired) electrons. The zero-order valence-corrected chi connectivity index (χ0v) is 17.3. The fourth-order valence-electron chi connectivity index (χ4n) is 3.77. The molecule has 1 aliphatic rings. The number of hydrogen-bond acceptors (Lipinski definition) is 2. The molecule has 0 unspecified atom stereocenters. The van der Waals surface area contributed by atoms with Crippen molar-refractivity contribution in [3.63, 3.8) is 0 Å². The van der Waals surface area contributed by atoms with Gasteiger partial charge < -0.3 is 10.1 Å². The lowest BCUT2D eigenvalue weighted by molar-refractivity contribution is 0.143. The number of halogens is 1. The summed E-state index contributed by atoms with van der Waals surface area (Å²) < 4.78 is 5.52. The number of nitrogens with one attached hydrogen (secondary N) is 1. The summed E-state index contributed by atoms with van der Waals surface area (Å²) in [7, 11) is 0. The largest absolute Gasteiger partial charge is 0.449 e. The number of alkyl halides is 1. The van der Waals surface area contributed by atoms with Crippen LogP contribution >= 0.6 is 11.6 Å². The molecule has 3 aromatic carbocycles. The summed E-state index contributed by atoms with van der Waals surface area (Å²) >= 11 is 5.84. The number of carbonyl (C=O) groups is 1. The van der Waals surface area contributed by atoms with Crippen LogP contribution < -0.4 is 5.32 Å². The maximum Gasteiger partial charge on any atom is 0.407 e. The van der Waals surface area contributed by atoms with E-state index in [2.05, 4.69) is 41.4 Å². The van der Waals surface area contributed by atoms with Crippen LogP contribution in [0.1, 0.15) is 34.6 Å². The molecular formula is C26H22ClNO2. The second-order valence-corrected chi connectivity index (χ2v) is 7.41. The summed E-state index contributed by atoms with van der Waals surface area (Å²) in [5, 5.41) is 2.78. The van der Waals surface area contributed by atoms with Crippen LogP contribution in [-0.2, 0) is 10.6 Å². The van der Waals surface area contributed by atoms with Gasteiger partial charge in [0.05, 0.1) is 0 Å². The third-order valence-electron chi connectivity index (χ3n) is 5.18. The summed E-state index contributed by atoms with van der Waals surface area (Å²) in [4.78, 5) is 12.1. The second-order valence-electron chi connectivity index (χ2n) is 7.14. The highest BCUT2D eigenvalue weighted by molar-refractivity contribution is 6.17. The van der Waals surface area contributed by atoms with Crippen molar-refractivity contribution in [1.29, 1.82) is 0 Å². The van der Waals surface area contributed by atoms with Crippen LogP contribution in [0.5, 0.6) is 0 Å². The molecule has 30 heavy (non-hydrogen) atoms. The highest BCUT2D eigenvalue weighted by Gasteiger charge is 2.28. The van der Waals surface area contributed by atoms with Gasteiger partial charge in [-0.05, 0) is 39.9 Å². The molecule has 0 aromatic heterocycles. The minimum atomic E-state index is -0.414. The van der Waals surface area contributed by atoms with Gasteiger partial charge in [0.2, 0.25) is 0 Å². The van der Waals surface area contributed by atoms with Crippen molar-refractivity contribution in [1.82, 2.24) is 5.32 Å². The molecule has 1 N–H and O–H groups in total. The van der Waals surface area contributed by atoms with E-state index in [1.807, 2.05) is 48.5 Å². The van der Waals surface area contributed by atoms with Gasteiger partial charge in [-0.1, -0.05) is 72.5 Å². The number of benzene rings is 3. The Bertz CT molecular complexity index is 1070. The number of carbonyl (C=O) groups excluding carboxylic acids is 1. The smallest absolute Gasteiger partial charge is 0.407 e. The Kier molecular flexibility index (Phi) is 6.37. The van der Waals surface area contributed by atoms with Crippen LogP contribution in [0.2, 0.25) is 0 Å². The van der Waals surface area contributed by atoms with Crippen LogP contribution in [0.4, 0.5) is 4.79 Å². The Balaban J connectivity index is 1.28. The summed E-state index contributed by atoms with van der Waals surface area (Å²) in [6.07, 6.45) is 0.137. The van der Waals surface area contributed by atoms with E-state index in [1.54, 1.807) is 0 Å². The summed E-state index contributed by atoms with van der Waals surface area (Å²) in [6, 6.07) is 24.4. The predicted molar refractivity (Wildman–Crippen MR) is 121 cm³/mol. The Hall–Kier alpha value is -3.22. The molecule has 0 fully saturated rings. The molecular weight excluding hydrogens is 394 g/mol. The SMILES string of the molecule is O=C(NCCC#Cc1cccc(CCl)c1)OCC1c2ccccc2-c2ccccc21. The first-order valence-corrected chi connectivity index (χ1v) is 10.5. The van der Waals surface area contributed by atoms with Crippen LogP contribution in [0.25, 0.3) is 11.1 Å². The molecule has 0 spiro atoms. The molecule has 4 rings (SSSR count). The van der Waals surface area contributed by atoms with Gasteiger partial charge in [0.1, 0.15) is 6.61 Å². The summed E-state index contributed by atoms with van der Waals surface area (Å²) in [6.45, 7) is 0.760. The Labute approximate surface area is 182 Å². The fraction of sp³-hybridized carbons (Fsp3) is 0.192. The van der Waals surface area contributed by atoms with Gasteiger partial charge in [-0.25, -0.2) is 4.79 Å². The van der Waals surface area contributed by atoms with Crippen molar-refractivity contribution >= 4 is 17.7 Å². The third kappa shape index (κ3) is 4.50. The normalized spacial score (nSPS) is 11.8. The van der Waals surface area contributed by atoms with E-state index in [4.69, 9.17) is 16.3 Å². The molecule has 150 valence electrons. The van der Waals surface area contributed by atoms with Crippen LogP contribution in [0.3, 0.4) is 0 Å². The zero-order valence-electron chi connectivity index (χ0n) is 16.5. The predicted octanol–water partition coefficient (Wildman–Crippen LogP) is 5.71. The van der Waals surface area contributed by atoms with Crippen LogP contribution in [-0.4, -0.2) is 19.2 Å². The molecule has 1 amide bonds. The van der Waals surface area contributed by atoms with Gasteiger partial charge in [0.15, 0.2) is 0 Å². The van der Waals surface area contributed by atoms with Gasteiger partial charge >= 0.3 is 6.09 Å². The van der Waals surface area contributed by atoms with Gasteiger partial charge in [-0.15, -0.1) is 11.6 Å². The van der Waals surface area contributed by atoms with E-state index in [-0.39, 0.29) is 5.92 Å². The van der Waals surface area contributed by atoms with Crippen molar-refractivity contribution in [2.75, 3.05) is 13.2 Å². The van der Waals surface area contributed by atoms with Crippen LogP contribution in [0.15, 0.2) is 72.8 Å². The second kappa shape index (κ2) is 9.52. The topological polar surface area (TPSA) is 38.3 Å². The van der Waals surface area contributed by atoms with Gasteiger partial charge in [0, 0.05) is 30.3 Å². The molecule has 0 saturated heterocycles. The van der Waals surface area contributed by atoms with Gasteiger partial charge in [-0.2, -0.15) is 0 Å². The Morgan fingerprint density at radius 2 is 1.67 bits per heavy atom. The highest BCUT2D eigenvalue weighted by atomic mass is 35.5. The number of amides is 1. The van der Waals surface area contributed by atoms with E-state index in [0.717, 1.165) is 11.1 Å². The minimum absolute atomic E-state index is 0.0668. The molecule has 0 heterocycles. The van der Waals surface area contributed by atoms with Gasteiger partial charge in [0.25, 0.3) is 0 Å². The van der Waals surface area contributed by atoms with E-state index >= 15 is 0 Å². The first-order chi connectivity index (χ1) is 14.8. The molecule has 3 nitrogen and oxygen atoms in total. The van der Waals surface area contributed by atoms with E-state index in [1.165, 1.54) is 22.3 Å². The first kappa shape index (κ1) is 20.1. The highest BCUT2D eigenvalue weighted by Crippen LogP contribution is 2.44. The fourth-order valence-corrected chi connectivity index (χ4v) is 3.94. The molecule has 4 heteroatoms. The molecule has 0 aliphatic heterocycles. The zero-order chi connectivity index (χ0) is 20.8. The van der Waals surface area contributed by atoms with Crippen molar-refractivity contribution < 1.29 is 9.53 Å². The molecule has 0 saturated carbocycles. The minimum Gasteiger partial charge on any atom is -0.449 e. The molecule has 0 bridgehead atoms. The van der Waals surface area contributed by atoms with Gasteiger partial charge in [-0.3, -0.25) is 0 Å². The average molecular weight is 416 g/mol. The Morgan fingerprint density at radius 1 is 0.967 bits per heavy atom. The average Bonchev–Trinajstić information content (AvgIpc) is 3.11. The van der Waals surface area contributed by atoms with Crippen molar-refractivity contribution in [2.45, 2.75) is 18.2 Å². The summed E-state index contributed by atoms with van der Waals surface area (Å²) in [5.41, 5.74) is 6.81. The molecule has 1 aliphatic carbocycles. The lowest BCUT2D eigenvalue weighted by atomic mass is 9.98. The van der Waals surface area contributed by atoms with Crippen molar-refractivity contribution in [3.8, 4) is 23.0 Å². The maximum atomic E-state index is 12.1. The van der Waals surface area contributed by atoms with E-state index in [0.29, 0.717) is 25.5 Å². The van der Waals surface area contributed by atoms with E-state index in [9.17, 15) is 4.79 Å². The lowest BCUT2D eigenvalue weighted by Crippen LogP contribution is -2.26. The monoisotopic (exact) mass is 415 g/mol.